The number of pyridine rings is 2. The quantitative estimate of drug-likeness (QED) is 0.216. The van der Waals surface area contributed by atoms with Crippen LogP contribution in [0.1, 0.15) is 32.6 Å². The van der Waals surface area contributed by atoms with Crippen LogP contribution >= 0.6 is 0 Å². The SMILES string of the molecule is Cc1ccccc1S(=O)(=O)N1C[C@@H]2C(N3C(=O)C(Cc4ccncc4)(Cc4ccncc4)N/C3=C\C(=O)c3ccc(C#N)cc3)[C@@H]2C1. The molecule has 1 N–H and O–H groups in total. The molecule has 0 bridgehead atoms. The Balaban J connectivity index is 1.24. The molecular weight excluding hydrogens is 613 g/mol. The molecule has 7 rings (SSSR count). The molecule has 0 radical (unpaired) electrons. The van der Waals surface area contributed by atoms with Crippen LogP contribution in [-0.4, -0.2) is 64.0 Å². The first-order valence-electron chi connectivity index (χ1n) is 15.4. The van der Waals surface area contributed by atoms with Crippen LogP contribution in [0.15, 0.2) is 114 Å². The van der Waals surface area contributed by atoms with Crippen molar-refractivity contribution in [3.63, 3.8) is 0 Å². The fraction of sp³-hybridized carbons (Fsp3) is 0.250. The highest BCUT2D eigenvalue weighted by molar-refractivity contribution is 7.89. The maximum atomic E-state index is 14.8. The molecule has 1 unspecified atom stereocenters. The van der Waals surface area contributed by atoms with Crippen LogP contribution in [0.25, 0.3) is 0 Å². The molecule has 1 saturated carbocycles. The molecule has 3 aliphatic rings. The zero-order valence-corrected chi connectivity index (χ0v) is 26.5. The third-order valence-electron chi connectivity index (χ3n) is 9.46. The summed E-state index contributed by atoms with van der Waals surface area (Å²) < 4.78 is 28.7. The first-order chi connectivity index (χ1) is 22.7. The lowest BCUT2D eigenvalue weighted by atomic mass is 9.85. The maximum absolute atomic E-state index is 14.8. The van der Waals surface area contributed by atoms with E-state index in [-0.39, 0.29) is 42.7 Å². The van der Waals surface area contributed by atoms with Crippen LogP contribution in [0.2, 0.25) is 0 Å². The Morgan fingerprint density at radius 1 is 0.936 bits per heavy atom. The van der Waals surface area contributed by atoms with Gasteiger partial charge >= 0.3 is 0 Å². The predicted octanol–water partition coefficient (Wildman–Crippen LogP) is 3.66. The molecule has 2 saturated heterocycles. The van der Waals surface area contributed by atoms with E-state index in [1.54, 1.807) is 79.1 Å². The van der Waals surface area contributed by atoms with Gasteiger partial charge in [-0.3, -0.25) is 24.5 Å². The number of carbonyl (C=O) groups excluding carboxylic acids is 2. The molecule has 3 fully saturated rings. The molecular formula is C36H32N6O4S. The highest BCUT2D eigenvalue weighted by Gasteiger charge is 2.65. The summed E-state index contributed by atoms with van der Waals surface area (Å²) in [6.07, 6.45) is 8.88. The number of hydrogen-bond acceptors (Lipinski definition) is 8. The van der Waals surface area contributed by atoms with Gasteiger partial charge in [0.25, 0.3) is 5.91 Å². The molecule has 10 nitrogen and oxygen atoms in total. The van der Waals surface area contributed by atoms with E-state index in [9.17, 15) is 23.3 Å². The summed E-state index contributed by atoms with van der Waals surface area (Å²) in [6, 6.07) is 22.6. The van der Waals surface area contributed by atoms with E-state index in [4.69, 9.17) is 0 Å². The number of aryl methyl sites for hydroxylation is 1. The Bertz CT molecular complexity index is 1970. The van der Waals surface area contributed by atoms with Crippen molar-refractivity contribution in [3.05, 3.63) is 137 Å². The second-order valence-electron chi connectivity index (χ2n) is 12.4. The van der Waals surface area contributed by atoms with Crippen LogP contribution < -0.4 is 5.32 Å². The van der Waals surface area contributed by atoms with Gasteiger partial charge in [0.15, 0.2) is 5.78 Å². The van der Waals surface area contributed by atoms with E-state index >= 15 is 0 Å². The van der Waals surface area contributed by atoms with Crippen molar-refractivity contribution in [2.45, 2.75) is 36.2 Å². The van der Waals surface area contributed by atoms with Gasteiger partial charge < -0.3 is 5.32 Å². The number of nitrogens with zero attached hydrogens (tertiary/aromatic N) is 5. The number of benzene rings is 2. The van der Waals surface area contributed by atoms with Crippen molar-refractivity contribution in [1.82, 2.24) is 24.5 Å². The number of carbonyl (C=O) groups is 2. The molecule has 2 aliphatic heterocycles. The lowest BCUT2D eigenvalue weighted by Gasteiger charge is -2.28. The van der Waals surface area contributed by atoms with E-state index in [1.807, 2.05) is 30.3 Å². The number of piperidine rings is 1. The number of fused-ring (bicyclic) bond motifs is 1. The molecule has 4 aromatic rings. The molecule has 47 heavy (non-hydrogen) atoms. The normalized spacial score (nSPS) is 22.5. The number of aromatic nitrogens is 2. The molecule has 4 heterocycles. The van der Waals surface area contributed by atoms with E-state index in [1.165, 1.54) is 10.4 Å². The molecule has 1 aliphatic carbocycles. The van der Waals surface area contributed by atoms with Gasteiger partial charge in [-0.05, 0) is 78.2 Å². The van der Waals surface area contributed by atoms with Gasteiger partial charge in [-0.1, -0.05) is 18.2 Å². The fourth-order valence-electron chi connectivity index (χ4n) is 7.04. The first kappa shape index (κ1) is 30.5. The van der Waals surface area contributed by atoms with Gasteiger partial charge in [0, 0.05) is 80.2 Å². The first-order valence-corrected chi connectivity index (χ1v) is 16.9. The summed E-state index contributed by atoms with van der Waals surface area (Å²) in [5.74, 6) is -0.248. The standard InChI is InChI=1S/C36H32N6O4S/c1-24-4-2-3-5-32(24)47(45,46)41-22-29-30(23-41)34(29)42-33(18-31(43)28-8-6-27(21-37)7-9-28)40-36(35(42)44,19-25-10-14-38-15-11-25)20-26-12-16-39-17-13-26/h2-18,29-30,34,40H,19-20,22-23H2,1H3/b33-18+/t29-,30+,34?. The number of sulfonamides is 1. The van der Waals surface area contributed by atoms with Crippen LogP contribution in [0.5, 0.6) is 0 Å². The molecule has 2 aromatic heterocycles. The second kappa shape index (κ2) is 11.9. The van der Waals surface area contributed by atoms with E-state index in [0.29, 0.717) is 40.2 Å². The van der Waals surface area contributed by atoms with Crippen LogP contribution in [0, 0.1) is 30.1 Å². The van der Waals surface area contributed by atoms with Gasteiger partial charge in [0.1, 0.15) is 11.4 Å². The van der Waals surface area contributed by atoms with Crippen LogP contribution in [0.3, 0.4) is 0 Å². The zero-order chi connectivity index (χ0) is 32.8. The third-order valence-corrected chi connectivity index (χ3v) is 11.4. The fourth-order valence-corrected chi connectivity index (χ4v) is 8.78. The summed E-state index contributed by atoms with van der Waals surface area (Å²) in [7, 11) is -3.70. The number of ketones is 1. The van der Waals surface area contributed by atoms with Crippen molar-refractivity contribution < 1.29 is 18.0 Å². The Hall–Kier alpha value is -5.18. The second-order valence-corrected chi connectivity index (χ2v) is 14.3. The van der Waals surface area contributed by atoms with Gasteiger partial charge in [-0.25, -0.2) is 8.42 Å². The van der Waals surface area contributed by atoms with Crippen LogP contribution in [-0.2, 0) is 27.7 Å². The average molecular weight is 645 g/mol. The Labute approximate surface area is 273 Å². The largest absolute Gasteiger partial charge is 0.357 e. The van der Waals surface area contributed by atoms with Gasteiger partial charge in [0.05, 0.1) is 16.5 Å². The molecule has 11 heteroatoms. The predicted molar refractivity (Wildman–Crippen MR) is 173 cm³/mol. The van der Waals surface area contributed by atoms with Crippen molar-refractivity contribution in [2.75, 3.05) is 13.1 Å². The van der Waals surface area contributed by atoms with E-state index in [2.05, 4.69) is 21.4 Å². The molecule has 1 amide bonds. The van der Waals surface area contributed by atoms with Gasteiger partial charge in [-0.15, -0.1) is 0 Å². The summed E-state index contributed by atoms with van der Waals surface area (Å²) in [6.45, 7) is 2.36. The Kier molecular flexibility index (Phi) is 7.70. The number of hydrogen-bond donors (Lipinski definition) is 1. The van der Waals surface area contributed by atoms with E-state index < -0.39 is 15.6 Å². The average Bonchev–Trinajstić information content (AvgIpc) is 3.40. The third kappa shape index (κ3) is 5.60. The minimum atomic E-state index is -3.70. The zero-order valence-electron chi connectivity index (χ0n) is 25.7. The molecule has 3 atom stereocenters. The highest BCUT2D eigenvalue weighted by atomic mass is 32.2. The monoisotopic (exact) mass is 644 g/mol. The Morgan fingerprint density at radius 2 is 1.51 bits per heavy atom. The topological polar surface area (TPSA) is 136 Å². The lowest BCUT2D eigenvalue weighted by molar-refractivity contribution is -0.132. The highest BCUT2D eigenvalue weighted by Crippen LogP contribution is 2.53. The summed E-state index contributed by atoms with van der Waals surface area (Å²) in [5.41, 5.74) is 2.20. The molecule has 236 valence electrons. The minimum Gasteiger partial charge on any atom is -0.357 e. The van der Waals surface area contributed by atoms with Crippen molar-refractivity contribution in [1.29, 1.82) is 5.26 Å². The minimum absolute atomic E-state index is 0.0781. The molecule has 2 aromatic carbocycles. The summed E-state index contributed by atoms with van der Waals surface area (Å²) in [5, 5.41) is 12.7. The van der Waals surface area contributed by atoms with Gasteiger partial charge in [0.2, 0.25) is 10.0 Å². The molecule has 0 spiro atoms. The van der Waals surface area contributed by atoms with Crippen molar-refractivity contribution >= 4 is 21.7 Å². The number of rotatable bonds is 9. The number of amides is 1. The number of nitriles is 1. The summed E-state index contributed by atoms with van der Waals surface area (Å²) in [4.78, 5) is 38.7. The van der Waals surface area contributed by atoms with E-state index in [0.717, 1.165) is 11.1 Å². The van der Waals surface area contributed by atoms with Crippen molar-refractivity contribution in [3.8, 4) is 6.07 Å². The Morgan fingerprint density at radius 3 is 2.06 bits per heavy atom. The van der Waals surface area contributed by atoms with Crippen LogP contribution in [0.4, 0.5) is 0 Å². The van der Waals surface area contributed by atoms with Crippen molar-refractivity contribution in [2.24, 2.45) is 11.8 Å². The number of nitrogens with one attached hydrogen (secondary N) is 1. The number of allylic oxidation sites excluding steroid dienone is 1. The maximum Gasteiger partial charge on any atom is 0.254 e. The lowest BCUT2D eigenvalue weighted by Crippen LogP contribution is -2.51. The summed E-state index contributed by atoms with van der Waals surface area (Å²) >= 11 is 0. The smallest absolute Gasteiger partial charge is 0.254 e. The van der Waals surface area contributed by atoms with Gasteiger partial charge in [-0.2, -0.15) is 9.57 Å².